The molecule has 0 saturated carbocycles. The summed E-state index contributed by atoms with van der Waals surface area (Å²) in [6.45, 7) is 6.65. The summed E-state index contributed by atoms with van der Waals surface area (Å²) >= 11 is 14.5. The molecule has 0 saturated heterocycles. The number of thiazole rings is 1. The van der Waals surface area contributed by atoms with Gasteiger partial charge >= 0.3 is 0 Å². The topological polar surface area (TPSA) is 55.6 Å². The Labute approximate surface area is 206 Å². The van der Waals surface area contributed by atoms with E-state index in [0.29, 0.717) is 21.5 Å². The highest BCUT2D eigenvalue weighted by atomic mass is 35.5. The van der Waals surface area contributed by atoms with Crippen LogP contribution in [0.5, 0.6) is 5.75 Å². The summed E-state index contributed by atoms with van der Waals surface area (Å²) in [5.74, 6) is 0.811. The molecule has 1 aliphatic heterocycles. The number of rotatable bonds is 4. The number of ether oxygens (including phenoxy) is 1. The Balaban J connectivity index is 1.60. The van der Waals surface area contributed by atoms with Gasteiger partial charge in [-0.1, -0.05) is 61.3 Å². The van der Waals surface area contributed by atoms with Crippen LogP contribution in [0.1, 0.15) is 58.9 Å². The molecule has 1 N–H and O–H groups in total. The third kappa shape index (κ3) is 3.80. The number of nitrogens with zero attached hydrogens (tertiary/aromatic N) is 2. The van der Waals surface area contributed by atoms with Gasteiger partial charge in [-0.3, -0.25) is 4.79 Å². The number of aryl methyl sites for hydroxylation is 1. The maximum Gasteiger partial charge on any atom is 0.263 e. The molecule has 1 aliphatic rings. The standard InChI is InChI=1S/C25H23Cl2N3O2S/c1-13(2)22-23(24(31)28-18-11-12-32-19-10-5-4-7-15(18)19)33-25-20(14(3)29-30(22)25)21-16(26)8-6-9-17(21)27/h4-10,13,18H,11-12H2,1-3H3,(H,28,31)/t18-/m0/s1. The Kier molecular flexibility index (Phi) is 5.85. The monoisotopic (exact) mass is 499 g/mol. The van der Waals surface area contributed by atoms with Crippen LogP contribution in [0.3, 0.4) is 0 Å². The van der Waals surface area contributed by atoms with E-state index in [2.05, 4.69) is 19.2 Å². The van der Waals surface area contributed by atoms with Crippen LogP contribution in [0.4, 0.5) is 0 Å². The number of hydrogen-bond acceptors (Lipinski definition) is 4. The van der Waals surface area contributed by atoms with Crippen molar-refractivity contribution >= 4 is 45.3 Å². The van der Waals surface area contributed by atoms with Crippen LogP contribution < -0.4 is 10.1 Å². The molecular weight excluding hydrogens is 477 g/mol. The minimum atomic E-state index is -0.107. The fourth-order valence-electron chi connectivity index (χ4n) is 4.42. The van der Waals surface area contributed by atoms with Crippen molar-refractivity contribution in [2.24, 2.45) is 0 Å². The summed E-state index contributed by atoms with van der Waals surface area (Å²) in [7, 11) is 0. The van der Waals surface area contributed by atoms with E-state index < -0.39 is 0 Å². The highest BCUT2D eigenvalue weighted by Gasteiger charge is 2.29. The van der Waals surface area contributed by atoms with E-state index in [-0.39, 0.29) is 17.9 Å². The normalized spacial score (nSPS) is 15.5. The maximum absolute atomic E-state index is 13.5. The van der Waals surface area contributed by atoms with Gasteiger partial charge < -0.3 is 10.1 Å². The minimum Gasteiger partial charge on any atom is -0.493 e. The quantitative estimate of drug-likeness (QED) is 0.327. The number of halogens is 2. The summed E-state index contributed by atoms with van der Waals surface area (Å²) in [5.41, 5.74) is 4.32. The average molecular weight is 500 g/mol. The van der Waals surface area contributed by atoms with Crippen molar-refractivity contribution in [3.63, 3.8) is 0 Å². The lowest BCUT2D eigenvalue weighted by Crippen LogP contribution is -2.32. The Morgan fingerprint density at radius 3 is 2.61 bits per heavy atom. The Hall–Kier alpha value is -2.54. The van der Waals surface area contributed by atoms with Gasteiger partial charge in [0, 0.05) is 23.1 Å². The zero-order chi connectivity index (χ0) is 23.3. The molecule has 4 aromatic rings. The van der Waals surface area contributed by atoms with Crippen molar-refractivity contribution < 1.29 is 9.53 Å². The molecule has 5 rings (SSSR count). The summed E-state index contributed by atoms with van der Waals surface area (Å²) in [6, 6.07) is 13.2. The van der Waals surface area contributed by atoms with Crippen LogP contribution >= 0.6 is 34.5 Å². The van der Waals surface area contributed by atoms with Crippen LogP contribution in [-0.2, 0) is 0 Å². The number of hydrogen-bond donors (Lipinski definition) is 1. The first-order valence-corrected chi connectivity index (χ1v) is 12.4. The fraction of sp³-hybridized carbons (Fsp3) is 0.280. The second-order valence-electron chi connectivity index (χ2n) is 8.45. The molecule has 0 radical (unpaired) electrons. The lowest BCUT2D eigenvalue weighted by atomic mass is 10.0. The Bertz CT molecular complexity index is 1360. The predicted molar refractivity (Wildman–Crippen MR) is 134 cm³/mol. The van der Waals surface area contributed by atoms with Gasteiger partial charge in [0.05, 0.1) is 34.1 Å². The van der Waals surface area contributed by atoms with Crippen molar-refractivity contribution in [3.05, 3.63) is 74.3 Å². The van der Waals surface area contributed by atoms with Gasteiger partial charge in [-0.25, -0.2) is 4.52 Å². The molecule has 1 atom stereocenters. The van der Waals surface area contributed by atoms with Crippen LogP contribution in [0, 0.1) is 6.92 Å². The fourth-order valence-corrected chi connectivity index (χ4v) is 6.35. The van der Waals surface area contributed by atoms with Crippen molar-refractivity contribution in [2.75, 3.05) is 6.61 Å². The zero-order valence-electron chi connectivity index (χ0n) is 18.5. The second-order valence-corrected chi connectivity index (χ2v) is 10.3. The molecule has 3 heterocycles. The number of carbonyl (C=O) groups is 1. The molecule has 8 heteroatoms. The predicted octanol–water partition coefficient (Wildman–Crippen LogP) is 7.06. The summed E-state index contributed by atoms with van der Waals surface area (Å²) < 4.78 is 7.63. The number of para-hydroxylation sites is 1. The molecule has 0 unspecified atom stereocenters. The first-order valence-electron chi connectivity index (χ1n) is 10.9. The van der Waals surface area contributed by atoms with E-state index in [1.165, 1.54) is 11.3 Å². The molecule has 0 bridgehead atoms. The minimum absolute atomic E-state index is 0.0929. The highest BCUT2D eigenvalue weighted by Crippen LogP contribution is 2.43. The molecule has 2 aromatic heterocycles. The van der Waals surface area contributed by atoms with Gasteiger partial charge in [-0.05, 0) is 31.0 Å². The second kappa shape index (κ2) is 8.67. The smallest absolute Gasteiger partial charge is 0.263 e. The summed E-state index contributed by atoms with van der Waals surface area (Å²) in [6.07, 6.45) is 0.724. The van der Waals surface area contributed by atoms with Gasteiger partial charge in [-0.2, -0.15) is 5.10 Å². The van der Waals surface area contributed by atoms with Crippen LogP contribution in [-0.4, -0.2) is 22.1 Å². The van der Waals surface area contributed by atoms with Crippen LogP contribution in [0.25, 0.3) is 16.0 Å². The van der Waals surface area contributed by atoms with Crippen molar-refractivity contribution in [1.29, 1.82) is 0 Å². The lowest BCUT2D eigenvalue weighted by molar-refractivity contribution is 0.0927. The van der Waals surface area contributed by atoms with Gasteiger partial charge in [0.2, 0.25) is 0 Å². The van der Waals surface area contributed by atoms with E-state index in [1.807, 2.05) is 53.9 Å². The molecule has 5 nitrogen and oxygen atoms in total. The number of nitrogens with one attached hydrogen (secondary N) is 1. The van der Waals surface area contributed by atoms with E-state index >= 15 is 0 Å². The van der Waals surface area contributed by atoms with Crippen molar-refractivity contribution in [2.45, 2.75) is 39.2 Å². The van der Waals surface area contributed by atoms with Crippen LogP contribution in [0.2, 0.25) is 10.0 Å². The number of amides is 1. The number of fused-ring (bicyclic) bond motifs is 2. The largest absolute Gasteiger partial charge is 0.493 e. The van der Waals surface area contributed by atoms with Gasteiger partial charge in [-0.15, -0.1) is 11.3 Å². The van der Waals surface area contributed by atoms with E-state index in [9.17, 15) is 4.79 Å². The number of aromatic nitrogens is 2. The van der Waals surface area contributed by atoms with Gasteiger partial charge in [0.25, 0.3) is 5.91 Å². The van der Waals surface area contributed by atoms with E-state index in [1.54, 1.807) is 0 Å². The summed E-state index contributed by atoms with van der Waals surface area (Å²) in [4.78, 5) is 15.1. The Morgan fingerprint density at radius 2 is 1.88 bits per heavy atom. The number of benzene rings is 2. The summed E-state index contributed by atoms with van der Waals surface area (Å²) in [5, 5.41) is 9.14. The third-order valence-electron chi connectivity index (χ3n) is 5.91. The zero-order valence-corrected chi connectivity index (χ0v) is 20.8. The highest BCUT2D eigenvalue weighted by molar-refractivity contribution is 7.20. The SMILES string of the molecule is Cc1nn2c(C(C)C)c(C(=O)N[C@H]3CCOc4ccccc43)sc2c1-c1c(Cl)cccc1Cl. The molecule has 0 aliphatic carbocycles. The third-order valence-corrected chi connectivity index (χ3v) is 7.71. The Morgan fingerprint density at radius 1 is 1.15 bits per heavy atom. The van der Waals surface area contributed by atoms with E-state index in [4.69, 9.17) is 33.0 Å². The van der Waals surface area contributed by atoms with Gasteiger partial charge in [0.1, 0.15) is 15.5 Å². The maximum atomic E-state index is 13.5. The van der Waals surface area contributed by atoms with Crippen molar-refractivity contribution in [1.82, 2.24) is 14.9 Å². The first kappa shape index (κ1) is 22.3. The lowest BCUT2D eigenvalue weighted by Gasteiger charge is -2.26. The first-order chi connectivity index (χ1) is 15.9. The molecule has 170 valence electrons. The molecule has 0 spiro atoms. The van der Waals surface area contributed by atoms with Crippen molar-refractivity contribution in [3.8, 4) is 16.9 Å². The average Bonchev–Trinajstić information content (AvgIpc) is 3.29. The molecule has 33 heavy (non-hydrogen) atoms. The molecule has 1 amide bonds. The van der Waals surface area contributed by atoms with Crippen LogP contribution in [0.15, 0.2) is 42.5 Å². The molecular formula is C25H23Cl2N3O2S. The van der Waals surface area contributed by atoms with E-state index in [0.717, 1.165) is 45.1 Å². The molecule has 0 fully saturated rings. The van der Waals surface area contributed by atoms with Gasteiger partial charge in [0.15, 0.2) is 0 Å². The molecule has 2 aromatic carbocycles. The number of carbonyl (C=O) groups excluding carboxylic acids is 1.